The second-order valence-electron chi connectivity index (χ2n) is 11.6. The van der Waals surface area contributed by atoms with Gasteiger partial charge in [-0.2, -0.15) is 0 Å². The summed E-state index contributed by atoms with van der Waals surface area (Å²) in [4.78, 5) is 23.6. The third-order valence-electron chi connectivity index (χ3n) is 8.10. The summed E-state index contributed by atoms with van der Waals surface area (Å²) >= 11 is 0. The van der Waals surface area contributed by atoms with Gasteiger partial charge < -0.3 is 4.52 Å². The van der Waals surface area contributed by atoms with Gasteiger partial charge in [-0.25, -0.2) is 12.7 Å². The van der Waals surface area contributed by atoms with Crippen LogP contribution in [0.4, 0.5) is 5.69 Å². The van der Waals surface area contributed by atoms with Crippen LogP contribution >= 0.6 is 0 Å². The van der Waals surface area contributed by atoms with E-state index in [-0.39, 0.29) is 16.3 Å². The van der Waals surface area contributed by atoms with Crippen LogP contribution in [0, 0.1) is 10.1 Å². The fraction of sp³-hybridized carbons (Fsp3) is 0.559. The van der Waals surface area contributed by atoms with Crippen molar-refractivity contribution in [2.24, 2.45) is 0 Å². The highest BCUT2D eigenvalue weighted by Gasteiger charge is 2.27. The Morgan fingerprint density at radius 2 is 1.30 bits per heavy atom. The molecule has 0 fully saturated rings. The first kappa shape index (κ1) is 35.2. The van der Waals surface area contributed by atoms with E-state index in [4.69, 9.17) is 4.52 Å². The molecule has 0 aliphatic carbocycles. The van der Waals surface area contributed by atoms with E-state index in [1.807, 2.05) is 6.07 Å². The minimum atomic E-state index is -3.95. The minimum Gasteiger partial charge on any atom is -0.371 e. The molecule has 0 aliphatic heterocycles. The number of nitro benzene ring substituents is 1. The third-order valence-corrected chi connectivity index (χ3v) is 9.95. The van der Waals surface area contributed by atoms with Crippen molar-refractivity contribution in [2.45, 2.75) is 115 Å². The van der Waals surface area contributed by atoms with Crippen molar-refractivity contribution in [1.82, 2.24) is 9.05 Å². The maximum Gasteiger partial charge on any atom is 0.297 e. The summed E-state index contributed by atoms with van der Waals surface area (Å²) in [6, 6.07) is 13.6. The van der Waals surface area contributed by atoms with Crippen LogP contribution in [-0.2, 0) is 10.0 Å². The van der Waals surface area contributed by atoms with E-state index in [1.54, 1.807) is 24.3 Å². The lowest BCUT2D eigenvalue weighted by atomic mass is 10.0. The van der Waals surface area contributed by atoms with Crippen LogP contribution in [0.25, 0.3) is 17.0 Å². The van der Waals surface area contributed by atoms with Gasteiger partial charge in [0.2, 0.25) is 10.0 Å². The van der Waals surface area contributed by atoms with Crippen molar-refractivity contribution in [3.63, 3.8) is 0 Å². The van der Waals surface area contributed by atoms with Gasteiger partial charge in [0, 0.05) is 25.2 Å². The SMILES string of the molecule is CCCCCCCCCCCCCCCCCCN(C)S(=O)(=O)c1ccc(-n2oc(-c3ccccc3)cc2=O)c([N+](=O)[O-])c1. The maximum atomic E-state index is 13.2. The Labute approximate surface area is 262 Å². The lowest BCUT2D eigenvalue weighted by molar-refractivity contribution is -0.385. The molecular weight excluding hydrogens is 578 g/mol. The van der Waals surface area contributed by atoms with Gasteiger partial charge in [0.15, 0.2) is 11.4 Å². The molecule has 9 nitrogen and oxygen atoms in total. The fourth-order valence-electron chi connectivity index (χ4n) is 5.41. The van der Waals surface area contributed by atoms with E-state index in [9.17, 15) is 23.3 Å². The van der Waals surface area contributed by atoms with Crippen molar-refractivity contribution < 1.29 is 17.9 Å². The van der Waals surface area contributed by atoms with Crippen LogP contribution in [0.3, 0.4) is 0 Å². The molecule has 0 saturated heterocycles. The highest BCUT2D eigenvalue weighted by Crippen LogP contribution is 2.29. The van der Waals surface area contributed by atoms with E-state index in [0.29, 0.717) is 12.1 Å². The number of benzene rings is 2. The molecule has 0 atom stereocenters. The van der Waals surface area contributed by atoms with Crippen molar-refractivity contribution >= 4 is 15.7 Å². The zero-order valence-corrected chi connectivity index (χ0v) is 27.2. The first-order valence-electron chi connectivity index (χ1n) is 16.3. The Kier molecular flexibility index (Phi) is 14.9. The summed E-state index contributed by atoms with van der Waals surface area (Å²) < 4.78 is 34.1. The summed E-state index contributed by atoms with van der Waals surface area (Å²) in [6.07, 6.45) is 19.9. The molecule has 0 saturated carbocycles. The second kappa shape index (κ2) is 18.5. The summed E-state index contributed by atoms with van der Waals surface area (Å²) in [5, 5.41) is 11.9. The highest BCUT2D eigenvalue weighted by atomic mass is 32.2. The molecule has 1 heterocycles. The molecule has 0 bridgehead atoms. The number of hydrogen-bond acceptors (Lipinski definition) is 6. The summed E-state index contributed by atoms with van der Waals surface area (Å²) in [5.41, 5.74) is -0.622. The molecule has 0 N–H and O–H groups in total. The Morgan fingerprint density at radius 1 is 0.773 bits per heavy atom. The first-order chi connectivity index (χ1) is 21.3. The molecule has 1 aromatic heterocycles. The molecule has 0 amide bonds. The number of unbranched alkanes of at least 4 members (excludes halogenated alkanes) is 15. The molecule has 0 aliphatic rings. The van der Waals surface area contributed by atoms with Gasteiger partial charge in [0.05, 0.1) is 15.9 Å². The van der Waals surface area contributed by atoms with Crippen molar-refractivity contribution in [3.8, 4) is 17.0 Å². The van der Waals surface area contributed by atoms with Crippen LogP contribution in [-0.4, -0.2) is 36.0 Å². The average Bonchev–Trinajstić information content (AvgIpc) is 3.42. The van der Waals surface area contributed by atoms with Gasteiger partial charge in [0.1, 0.15) is 0 Å². The van der Waals surface area contributed by atoms with Crippen LogP contribution in [0.1, 0.15) is 110 Å². The Morgan fingerprint density at radius 3 is 1.82 bits per heavy atom. The van der Waals surface area contributed by atoms with E-state index >= 15 is 0 Å². The number of rotatable bonds is 22. The van der Waals surface area contributed by atoms with Gasteiger partial charge in [0.25, 0.3) is 11.2 Å². The maximum absolute atomic E-state index is 13.2. The molecule has 44 heavy (non-hydrogen) atoms. The second-order valence-corrected chi connectivity index (χ2v) is 13.7. The van der Waals surface area contributed by atoms with Gasteiger partial charge in [-0.3, -0.25) is 14.9 Å². The number of nitro groups is 1. The van der Waals surface area contributed by atoms with E-state index < -0.39 is 26.2 Å². The molecule has 0 radical (unpaired) electrons. The summed E-state index contributed by atoms with van der Waals surface area (Å²) in [6.45, 7) is 2.58. The van der Waals surface area contributed by atoms with Crippen molar-refractivity contribution in [2.75, 3.05) is 13.6 Å². The van der Waals surface area contributed by atoms with E-state index in [1.165, 1.54) is 107 Å². The normalized spacial score (nSPS) is 11.8. The predicted molar refractivity (Wildman–Crippen MR) is 176 cm³/mol. The number of sulfonamides is 1. The van der Waals surface area contributed by atoms with Gasteiger partial charge in [-0.05, 0) is 18.6 Å². The molecule has 3 rings (SSSR count). The van der Waals surface area contributed by atoms with Crippen molar-refractivity contribution in [3.05, 3.63) is 75.1 Å². The van der Waals surface area contributed by atoms with E-state index in [2.05, 4.69) is 6.92 Å². The number of hydrogen-bond donors (Lipinski definition) is 0. The lowest BCUT2D eigenvalue weighted by Crippen LogP contribution is -2.28. The quantitative estimate of drug-likeness (QED) is 0.0624. The molecule has 3 aromatic rings. The fourth-order valence-corrected chi connectivity index (χ4v) is 6.64. The zero-order valence-electron chi connectivity index (χ0n) is 26.4. The zero-order chi connectivity index (χ0) is 31.8. The smallest absolute Gasteiger partial charge is 0.297 e. The summed E-state index contributed by atoms with van der Waals surface area (Å²) in [7, 11) is -2.46. The number of nitrogens with zero attached hydrogens (tertiary/aromatic N) is 3. The topological polar surface area (TPSA) is 116 Å². The standard InChI is InChI=1S/C34H49N3O6S/c1-3-4-5-6-7-8-9-10-11-12-13-14-15-16-17-21-26-35(2)44(41,42)30-24-25-31(32(27-30)37(39)40)36-34(38)28-33(43-36)29-22-19-18-20-23-29/h18-20,22-25,27-28H,3-17,21,26H2,1-2H3. The lowest BCUT2D eigenvalue weighted by Gasteiger charge is -2.17. The molecule has 0 spiro atoms. The minimum absolute atomic E-state index is 0.137. The number of aromatic nitrogens is 1. The molecule has 242 valence electrons. The van der Waals surface area contributed by atoms with Gasteiger partial charge in [-0.15, -0.1) is 4.74 Å². The van der Waals surface area contributed by atoms with Crippen molar-refractivity contribution in [1.29, 1.82) is 0 Å². The van der Waals surface area contributed by atoms with Gasteiger partial charge in [-0.1, -0.05) is 134 Å². The monoisotopic (exact) mass is 627 g/mol. The first-order valence-corrected chi connectivity index (χ1v) is 17.7. The molecule has 2 aromatic carbocycles. The Bertz CT molecular complexity index is 1450. The van der Waals surface area contributed by atoms with E-state index in [0.717, 1.165) is 36.5 Å². The third kappa shape index (κ3) is 10.7. The molecule has 10 heteroatoms. The largest absolute Gasteiger partial charge is 0.371 e. The van der Waals surface area contributed by atoms with Gasteiger partial charge >= 0.3 is 0 Å². The Balaban J connectivity index is 1.42. The molecule has 0 unspecified atom stereocenters. The highest BCUT2D eigenvalue weighted by molar-refractivity contribution is 7.89. The predicted octanol–water partition coefficient (Wildman–Crippen LogP) is 8.89. The van der Waals surface area contributed by atoms with Crippen LogP contribution in [0.2, 0.25) is 0 Å². The Hall–Kier alpha value is -3.24. The average molecular weight is 628 g/mol. The van der Waals surface area contributed by atoms with Crippen LogP contribution in [0.15, 0.2) is 68.8 Å². The van der Waals surface area contributed by atoms with Crippen LogP contribution in [0.5, 0.6) is 0 Å². The van der Waals surface area contributed by atoms with Crippen LogP contribution < -0.4 is 5.56 Å². The summed E-state index contributed by atoms with van der Waals surface area (Å²) in [5.74, 6) is 0.250. The molecular formula is C34H49N3O6S.